The van der Waals surface area contributed by atoms with Crippen LogP contribution in [-0.4, -0.2) is 30.4 Å². The molecule has 3 N–H and O–H groups in total. The van der Waals surface area contributed by atoms with Crippen molar-refractivity contribution in [2.75, 3.05) is 11.1 Å². The molecule has 0 saturated heterocycles. The van der Waals surface area contributed by atoms with Gasteiger partial charge < -0.3 is 20.4 Å². The van der Waals surface area contributed by atoms with Crippen LogP contribution in [0.25, 0.3) is 33.4 Å². The minimum Gasteiger partial charge on any atom is -0.418 e. The van der Waals surface area contributed by atoms with Gasteiger partial charge in [-0.25, -0.2) is 28.7 Å². The minimum absolute atomic E-state index is 0.156. The molecule has 1 saturated carbocycles. The molecule has 3 heterocycles. The summed E-state index contributed by atoms with van der Waals surface area (Å²) < 4.78 is 37.9. The molecule has 206 valence electrons. The van der Waals surface area contributed by atoms with Crippen LogP contribution in [-0.2, 0) is 11.8 Å². The Morgan fingerprint density at radius 1 is 1.07 bits per heavy atom. The van der Waals surface area contributed by atoms with Crippen molar-refractivity contribution in [2.45, 2.75) is 19.8 Å². The maximum atomic E-state index is 15.4. The second-order valence-electron chi connectivity index (χ2n) is 9.92. The van der Waals surface area contributed by atoms with Gasteiger partial charge in [-0.15, -0.1) is 0 Å². The summed E-state index contributed by atoms with van der Waals surface area (Å²) in [5, 5.41) is 3.31. The molecule has 0 radical (unpaired) electrons. The number of aryl methyl sites for hydroxylation is 2. The quantitative estimate of drug-likeness (QED) is 0.239. The second-order valence-corrected chi connectivity index (χ2v) is 9.92. The summed E-state index contributed by atoms with van der Waals surface area (Å²) >= 11 is 0. The number of nitrogen functional groups attached to an aromatic ring is 1. The third kappa shape index (κ3) is 4.86. The van der Waals surface area contributed by atoms with Crippen LogP contribution in [0.1, 0.15) is 18.5 Å². The molecule has 1 amide bonds. The summed E-state index contributed by atoms with van der Waals surface area (Å²) in [6.45, 7) is 5.61. The zero-order valence-electron chi connectivity index (χ0n) is 22.3. The first-order chi connectivity index (χ1) is 19.7. The number of fused-ring (bicyclic) bond motifs is 1. The molecule has 1 fully saturated rings. The Bertz CT molecular complexity index is 1820. The maximum absolute atomic E-state index is 15.4. The van der Waals surface area contributed by atoms with Gasteiger partial charge in [-0.3, -0.25) is 4.79 Å². The van der Waals surface area contributed by atoms with Gasteiger partial charge in [-0.05, 0) is 67.1 Å². The summed E-state index contributed by atoms with van der Waals surface area (Å²) in [7, 11) is 1.78. The van der Waals surface area contributed by atoms with E-state index in [-0.39, 0.29) is 29.2 Å². The monoisotopic (exact) mass is 553 g/mol. The Hall–Kier alpha value is -5.19. The Kier molecular flexibility index (Phi) is 6.41. The number of rotatable bonds is 7. The summed E-state index contributed by atoms with van der Waals surface area (Å²) in [4.78, 5) is 29.0. The molecule has 0 unspecified atom stereocenters. The van der Waals surface area contributed by atoms with E-state index in [0.29, 0.717) is 44.8 Å². The van der Waals surface area contributed by atoms with Gasteiger partial charge in [0.05, 0.1) is 11.1 Å². The normalized spacial score (nSPS) is 12.9. The van der Waals surface area contributed by atoms with Crippen molar-refractivity contribution >= 4 is 28.4 Å². The van der Waals surface area contributed by atoms with E-state index in [4.69, 9.17) is 10.5 Å². The molecule has 41 heavy (non-hydrogen) atoms. The Morgan fingerprint density at radius 3 is 2.44 bits per heavy atom. The molecular formula is C30H25F2N7O2. The average molecular weight is 554 g/mol. The number of halogens is 2. The SMILES string of the molecule is C=C(C(=O)Nc1ccc(-c2c(-c3cc(F)c(Oc4nccc(C)n4)c(F)c3)c3c(N)ncnc3n2C)cc1)C1CC1. The lowest BCUT2D eigenvalue weighted by Gasteiger charge is -2.13. The van der Waals surface area contributed by atoms with Crippen LogP contribution in [0, 0.1) is 24.5 Å². The predicted molar refractivity (Wildman–Crippen MR) is 151 cm³/mol. The molecule has 5 aromatic rings. The van der Waals surface area contributed by atoms with E-state index >= 15 is 8.78 Å². The smallest absolute Gasteiger partial charge is 0.322 e. The maximum Gasteiger partial charge on any atom is 0.322 e. The first kappa shape index (κ1) is 26.1. The van der Waals surface area contributed by atoms with E-state index in [1.165, 1.54) is 12.5 Å². The third-order valence-corrected chi connectivity index (χ3v) is 7.03. The largest absolute Gasteiger partial charge is 0.418 e. The predicted octanol–water partition coefficient (Wildman–Crippen LogP) is 5.96. The van der Waals surface area contributed by atoms with Gasteiger partial charge in [-0.1, -0.05) is 18.7 Å². The number of carbonyl (C=O) groups excluding carboxylic acids is 1. The molecule has 1 aliphatic rings. The second kappa shape index (κ2) is 10.1. The number of carbonyl (C=O) groups is 1. The number of nitrogens with zero attached hydrogens (tertiary/aromatic N) is 5. The lowest BCUT2D eigenvalue weighted by molar-refractivity contribution is -0.113. The van der Waals surface area contributed by atoms with Gasteiger partial charge in [0.1, 0.15) is 17.8 Å². The summed E-state index contributed by atoms with van der Waals surface area (Å²) in [6, 6.07) is 10.9. The topological polar surface area (TPSA) is 121 Å². The Morgan fingerprint density at radius 2 is 1.78 bits per heavy atom. The molecule has 1 aliphatic carbocycles. The fourth-order valence-corrected chi connectivity index (χ4v) is 4.80. The summed E-state index contributed by atoms with van der Waals surface area (Å²) in [5.74, 6) is -2.32. The van der Waals surface area contributed by atoms with Crippen LogP contribution >= 0.6 is 0 Å². The molecule has 2 aromatic carbocycles. The van der Waals surface area contributed by atoms with Crippen LogP contribution in [0.15, 0.2) is 67.1 Å². The highest BCUT2D eigenvalue weighted by Gasteiger charge is 2.29. The third-order valence-electron chi connectivity index (χ3n) is 7.03. The average Bonchev–Trinajstić information content (AvgIpc) is 3.75. The molecule has 0 bridgehead atoms. The van der Waals surface area contributed by atoms with Crippen molar-refractivity contribution in [3.63, 3.8) is 0 Å². The van der Waals surface area contributed by atoms with Gasteiger partial charge in [-0.2, -0.15) is 0 Å². The van der Waals surface area contributed by atoms with Crippen LogP contribution < -0.4 is 15.8 Å². The number of amides is 1. The van der Waals surface area contributed by atoms with Crippen molar-refractivity contribution in [1.82, 2.24) is 24.5 Å². The lowest BCUT2D eigenvalue weighted by atomic mass is 9.98. The molecule has 0 spiro atoms. The Balaban J connectivity index is 1.43. The van der Waals surface area contributed by atoms with Crippen LogP contribution in [0.4, 0.5) is 20.3 Å². The van der Waals surface area contributed by atoms with Crippen LogP contribution in [0.3, 0.4) is 0 Å². The lowest BCUT2D eigenvalue weighted by Crippen LogP contribution is -2.14. The van der Waals surface area contributed by atoms with Crippen LogP contribution in [0.2, 0.25) is 0 Å². The van der Waals surface area contributed by atoms with Gasteiger partial charge >= 0.3 is 6.01 Å². The number of aromatic nitrogens is 5. The molecule has 0 atom stereocenters. The van der Waals surface area contributed by atoms with Gasteiger partial charge in [0.25, 0.3) is 5.91 Å². The fraction of sp³-hybridized carbons (Fsp3) is 0.167. The highest BCUT2D eigenvalue weighted by molar-refractivity contribution is 6.08. The highest BCUT2D eigenvalue weighted by atomic mass is 19.1. The van der Waals surface area contributed by atoms with Crippen molar-refractivity contribution in [1.29, 1.82) is 0 Å². The standard InChI is InChI=1S/C30H25F2N7O2/c1-15-10-11-34-30(37-15)41-26-21(31)12-19(13-22(26)32)23-24-27(33)35-14-36-28(24)39(3)25(23)18-6-8-20(9-7-18)38-29(40)16(2)17-4-5-17/h6-14,17H,2,4-5H2,1,3H3,(H,38,40)(H2,33,35,36). The van der Waals surface area contributed by atoms with E-state index < -0.39 is 17.4 Å². The number of benzene rings is 2. The number of hydrogen-bond acceptors (Lipinski definition) is 7. The van der Waals surface area contributed by atoms with Gasteiger partial charge in [0.15, 0.2) is 11.6 Å². The van der Waals surface area contributed by atoms with Crippen molar-refractivity contribution < 1.29 is 18.3 Å². The molecule has 11 heteroatoms. The highest BCUT2D eigenvalue weighted by Crippen LogP contribution is 2.43. The molecule has 9 nitrogen and oxygen atoms in total. The van der Waals surface area contributed by atoms with Crippen LogP contribution in [0.5, 0.6) is 11.8 Å². The number of nitrogens with one attached hydrogen (secondary N) is 1. The minimum atomic E-state index is -0.947. The zero-order valence-corrected chi connectivity index (χ0v) is 22.3. The van der Waals surface area contributed by atoms with E-state index in [2.05, 4.69) is 31.8 Å². The Labute approximate surface area is 233 Å². The van der Waals surface area contributed by atoms with Crippen molar-refractivity contribution in [3.05, 3.63) is 84.5 Å². The molecule has 3 aromatic heterocycles. The number of ether oxygens (including phenoxy) is 1. The zero-order chi connectivity index (χ0) is 28.8. The fourth-order valence-electron chi connectivity index (χ4n) is 4.80. The van der Waals surface area contributed by atoms with E-state index in [1.807, 2.05) is 0 Å². The first-order valence-corrected chi connectivity index (χ1v) is 12.9. The molecule has 0 aliphatic heterocycles. The van der Waals surface area contributed by atoms with Gasteiger partial charge in [0.2, 0.25) is 5.75 Å². The van der Waals surface area contributed by atoms with Gasteiger partial charge in [0, 0.05) is 35.8 Å². The number of nitrogens with two attached hydrogens (primary N) is 1. The van der Waals surface area contributed by atoms with Crippen molar-refractivity contribution in [2.24, 2.45) is 13.0 Å². The summed E-state index contributed by atoms with van der Waals surface area (Å²) in [5.41, 5.74) is 10.4. The summed E-state index contributed by atoms with van der Waals surface area (Å²) in [6.07, 6.45) is 4.73. The van der Waals surface area contributed by atoms with E-state index in [9.17, 15) is 4.79 Å². The van der Waals surface area contributed by atoms with E-state index in [1.54, 1.807) is 48.9 Å². The van der Waals surface area contributed by atoms with Crippen molar-refractivity contribution in [3.8, 4) is 34.1 Å². The number of hydrogen-bond donors (Lipinski definition) is 2. The van der Waals surface area contributed by atoms with E-state index in [0.717, 1.165) is 25.0 Å². The molecule has 6 rings (SSSR count). The first-order valence-electron chi connectivity index (χ1n) is 12.9. The number of anilines is 2. The molecular weight excluding hydrogens is 528 g/mol.